The maximum Gasteiger partial charge on any atom is 0.328 e. The quantitative estimate of drug-likeness (QED) is 0.277. The predicted molar refractivity (Wildman–Crippen MR) is 145 cm³/mol. The van der Waals surface area contributed by atoms with Crippen LogP contribution in [0.15, 0.2) is 5.38 Å². The lowest BCUT2D eigenvalue weighted by Gasteiger charge is -2.37. The molecule has 1 aromatic heterocycles. The van der Waals surface area contributed by atoms with E-state index in [1.54, 1.807) is 12.5 Å². The molecule has 13 heteroatoms. The smallest absolute Gasteiger partial charge is 0.328 e. The summed E-state index contributed by atoms with van der Waals surface area (Å²) in [5.41, 5.74) is 0.213. The highest BCUT2D eigenvalue weighted by atomic mass is 32.1. The summed E-state index contributed by atoms with van der Waals surface area (Å²) in [5, 5.41) is 15.1. The number of thiazole rings is 1. The molecule has 0 bridgehead atoms. The summed E-state index contributed by atoms with van der Waals surface area (Å²) in [6.45, 7) is 12.5. The molecule has 37 heavy (non-hydrogen) atoms. The molecule has 1 aromatic rings. The minimum atomic E-state index is -2.18. The highest BCUT2D eigenvalue weighted by Gasteiger charge is 2.39. The summed E-state index contributed by atoms with van der Waals surface area (Å²) in [4.78, 5) is 44.9. The van der Waals surface area contributed by atoms with Crippen LogP contribution in [0.2, 0.25) is 18.1 Å². The molecule has 0 aliphatic carbocycles. The van der Waals surface area contributed by atoms with Crippen LogP contribution in [0.5, 0.6) is 0 Å². The molecule has 1 aliphatic rings. The van der Waals surface area contributed by atoms with Gasteiger partial charge >= 0.3 is 5.97 Å². The van der Waals surface area contributed by atoms with Crippen molar-refractivity contribution in [2.24, 2.45) is 0 Å². The van der Waals surface area contributed by atoms with Crippen LogP contribution in [-0.2, 0) is 23.5 Å². The van der Waals surface area contributed by atoms with E-state index in [9.17, 15) is 19.5 Å². The Bertz CT molecular complexity index is 913. The second kappa shape index (κ2) is 13.6. The van der Waals surface area contributed by atoms with Crippen LogP contribution in [0.1, 0.15) is 44.1 Å². The van der Waals surface area contributed by atoms with Crippen molar-refractivity contribution in [2.45, 2.75) is 63.8 Å². The van der Waals surface area contributed by atoms with E-state index >= 15 is 0 Å². The Balaban J connectivity index is 1.91. The molecule has 0 spiro atoms. The van der Waals surface area contributed by atoms with Gasteiger partial charge in [-0.1, -0.05) is 20.8 Å². The monoisotopic (exact) mass is 558 g/mol. The van der Waals surface area contributed by atoms with Gasteiger partial charge in [-0.15, -0.1) is 11.3 Å². The Morgan fingerprint density at radius 1 is 1.27 bits per heavy atom. The fourth-order valence-corrected chi connectivity index (χ4v) is 5.33. The summed E-state index contributed by atoms with van der Waals surface area (Å²) < 4.78 is 16.2. The molecular formula is C24H42N4O7SSi. The number of nitrogens with one attached hydrogen (secondary N) is 1. The van der Waals surface area contributed by atoms with Gasteiger partial charge in [0, 0.05) is 38.7 Å². The van der Waals surface area contributed by atoms with Gasteiger partial charge in [0.05, 0.1) is 19.8 Å². The van der Waals surface area contributed by atoms with Crippen molar-refractivity contribution in [3.05, 3.63) is 11.1 Å². The number of ether oxygens (including phenoxy) is 2. The summed E-state index contributed by atoms with van der Waals surface area (Å²) in [7, 11) is 0.875. The third-order valence-corrected chi connectivity index (χ3v) is 12.4. The van der Waals surface area contributed by atoms with Crippen molar-refractivity contribution in [1.82, 2.24) is 15.2 Å². The fourth-order valence-electron chi connectivity index (χ4n) is 3.47. The largest absolute Gasteiger partial charge is 0.480 e. The molecule has 2 rings (SSSR count). The van der Waals surface area contributed by atoms with Crippen molar-refractivity contribution >= 4 is 42.6 Å². The number of carboxylic acid groups (broad SMARTS) is 1. The zero-order valence-electron chi connectivity index (χ0n) is 23.0. The Kier molecular flexibility index (Phi) is 11.5. The topological polar surface area (TPSA) is 131 Å². The second-order valence-corrected chi connectivity index (χ2v) is 16.4. The lowest BCUT2D eigenvalue weighted by atomic mass is 10.1. The van der Waals surface area contributed by atoms with Gasteiger partial charge < -0.3 is 34.1 Å². The number of aromatic nitrogens is 1. The summed E-state index contributed by atoms with van der Waals surface area (Å²) >= 11 is 1.35. The number of carbonyl (C=O) groups is 3. The predicted octanol–water partition coefficient (Wildman–Crippen LogP) is 2.44. The van der Waals surface area contributed by atoms with Crippen LogP contribution in [0.4, 0.5) is 5.13 Å². The van der Waals surface area contributed by atoms with E-state index in [0.717, 1.165) is 12.8 Å². The van der Waals surface area contributed by atoms with Gasteiger partial charge in [0.1, 0.15) is 12.3 Å². The molecule has 11 nitrogen and oxygen atoms in total. The number of amides is 2. The van der Waals surface area contributed by atoms with Gasteiger partial charge in [0.25, 0.3) is 5.91 Å². The molecular weight excluding hydrogens is 516 g/mol. The van der Waals surface area contributed by atoms with E-state index in [1.807, 2.05) is 13.1 Å². The van der Waals surface area contributed by atoms with Gasteiger partial charge in [0.2, 0.25) is 5.91 Å². The third-order valence-electron chi connectivity index (χ3n) is 6.99. The Morgan fingerprint density at radius 2 is 1.92 bits per heavy atom. The molecule has 1 unspecified atom stereocenters. The van der Waals surface area contributed by atoms with Crippen molar-refractivity contribution in [1.29, 1.82) is 0 Å². The van der Waals surface area contributed by atoms with Crippen molar-refractivity contribution < 1.29 is 33.4 Å². The molecule has 2 N–H and O–H groups in total. The molecule has 0 saturated carbocycles. The van der Waals surface area contributed by atoms with Gasteiger partial charge in [-0.25, -0.2) is 9.78 Å². The Morgan fingerprint density at radius 3 is 2.49 bits per heavy atom. The standard InChI is InChI=1S/C24H42N4O7SSi/c1-24(2,3)37(6,7)35-14-19(22(31)32)27(4)21(30)18-16-36-23(26-18)28-10-8-17(9-11-28)25-20(29)15-34-13-12-33-5/h16-17,19H,8-15H2,1-7H3,(H,25,29)(H,31,32). The number of aliphatic carboxylic acids is 1. The van der Waals surface area contributed by atoms with Crippen LogP contribution in [-0.4, -0.2) is 107 Å². The normalized spacial score (nSPS) is 15.9. The maximum atomic E-state index is 13.1. The zero-order chi connectivity index (χ0) is 27.8. The van der Waals surface area contributed by atoms with Gasteiger partial charge in [-0.2, -0.15) is 0 Å². The number of hydrogen-bond donors (Lipinski definition) is 2. The minimum absolute atomic E-state index is 0.00725. The molecule has 0 radical (unpaired) electrons. The molecule has 1 atom stereocenters. The molecule has 210 valence electrons. The third kappa shape index (κ3) is 9.02. The number of nitrogens with zero attached hydrogens (tertiary/aromatic N) is 3. The van der Waals surface area contributed by atoms with E-state index in [-0.39, 0.29) is 35.9 Å². The van der Waals surface area contributed by atoms with E-state index in [4.69, 9.17) is 13.9 Å². The van der Waals surface area contributed by atoms with E-state index in [1.165, 1.54) is 23.3 Å². The first-order valence-electron chi connectivity index (χ1n) is 12.5. The lowest BCUT2D eigenvalue weighted by molar-refractivity contribution is -0.143. The molecule has 1 fully saturated rings. The Hall–Kier alpha value is -2.06. The van der Waals surface area contributed by atoms with E-state index < -0.39 is 26.2 Å². The molecule has 2 heterocycles. The summed E-state index contributed by atoms with van der Waals surface area (Å²) in [6, 6.07) is -1.05. The highest BCUT2D eigenvalue weighted by molar-refractivity contribution is 7.13. The Labute approximate surface area is 224 Å². The summed E-state index contributed by atoms with van der Waals surface area (Å²) in [5.74, 6) is -1.71. The maximum absolute atomic E-state index is 13.1. The van der Waals surface area contributed by atoms with Crippen LogP contribution in [0.3, 0.4) is 0 Å². The van der Waals surface area contributed by atoms with Crippen molar-refractivity contribution in [3.63, 3.8) is 0 Å². The van der Waals surface area contributed by atoms with Gasteiger partial charge in [-0.05, 0) is 31.0 Å². The van der Waals surface area contributed by atoms with Crippen LogP contribution >= 0.6 is 11.3 Å². The first-order chi connectivity index (χ1) is 17.3. The van der Waals surface area contributed by atoms with Crippen molar-refractivity contribution in [3.8, 4) is 0 Å². The van der Waals surface area contributed by atoms with E-state index in [2.05, 4.69) is 36.0 Å². The van der Waals surface area contributed by atoms with Crippen molar-refractivity contribution in [2.75, 3.05) is 58.6 Å². The molecule has 0 aromatic carbocycles. The first-order valence-corrected chi connectivity index (χ1v) is 16.3. The van der Waals surface area contributed by atoms with Crippen LogP contribution in [0, 0.1) is 0 Å². The number of rotatable bonds is 13. The first kappa shape index (κ1) is 31.2. The number of hydrogen-bond acceptors (Lipinski definition) is 9. The summed E-state index contributed by atoms with van der Waals surface area (Å²) in [6.07, 6.45) is 1.50. The zero-order valence-corrected chi connectivity index (χ0v) is 24.9. The minimum Gasteiger partial charge on any atom is -0.480 e. The van der Waals surface area contributed by atoms with E-state index in [0.29, 0.717) is 31.4 Å². The van der Waals surface area contributed by atoms with Gasteiger partial charge in [-0.3, -0.25) is 9.59 Å². The number of likely N-dealkylation sites (N-methyl/N-ethyl adjacent to an activating group) is 1. The SMILES string of the molecule is COCCOCC(=O)NC1CCN(c2nc(C(=O)N(C)C(CO[Si](C)(C)C(C)(C)C)C(=O)O)cs2)CC1. The average molecular weight is 559 g/mol. The number of carboxylic acids is 1. The number of piperidine rings is 1. The molecule has 1 saturated heterocycles. The van der Waals surface area contributed by atoms with Crippen LogP contribution < -0.4 is 10.2 Å². The lowest BCUT2D eigenvalue weighted by Crippen LogP contribution is -2.50. The number of methoxy groups -OCH3 is 1. The fraction of sp³-hybridized carbons (Fsp3) is 0.750. The second-order valence-electron chi connectivity index (χ2n) is 10.7. The molecule has 2 amide bonds. The average Bonchev–Trinajstić information content (AvgIpc) is 3.31. The number of anilines is 1. The number of carbonyl (C=O) groups excluding carboxylic acids is 2. The van der Waals surface area contributed by atoms with Gasteiger partial charge in [0.15, 0.2) is 19.5 Å². The highest BCUT2D eigenvalue weighted by Crippen LogP contribution is 2.36. The van der Waals surface area contributed by atoms with Crippen LogP contribution in [0.25, 0.3) is 0 Å². The molecule has 1 aliphatic heterocycles.